The van der Waals surface area contributed by atoms with Crippen molar-refractivity contribution in [3.63, 3.8) is 0 Å². The molecule has 0 saturated carbocycles. The standard InChI is InChI=1S/C18H16N2O3/c1-12-9-14(5-8-18(12)21)16-10-17(20(22)11-19-16)13-3-6-15(23-2)7-4-13/h3-11,22H,1-2H3. The van der Waals surface area contributed by atoms with Crippen molar-refractivity contribution in [3.05, 3.63) is 71.0 Å². The van der Waals surface area contributed by atoms with Crippen LogP contribution in [0.3, 0.4) is 0 Å². The summed E-state index contributed by atoms with van der Waals surface area (Å²) in [4.78, 5) is 15.8. The second kappa shape index (κ2) is 6.06. The molecule has 0 radical (unpaired) electrons. The minimum atomic E-state index is -0.00252. The zero-order chi connectivity index (χ0) is 16.4. The van der Waals surface area contributed by atoms with Crippen LogP contribution in [0.15, 0.2) is 70.4 Å². The van der Waals surface area contributed by atoms with Crippen LogP contribution in [0.2, 0.25) is 0 Å². The summed E-state index contributed by atoms with van der Waals surface area (Å²) in [6.45, 7) is 1.77. The SMILES string of the molecule is COc1ccc(C2=CC(=C3C=CC(=O)C(C)=C3)N=CN2O)cc1. The van der Waals surface area contributed by atoms with Crippen LogP contribution >= 0.6 is 0 Å². The number of rotatable bonds is 2. The Bertz CT molecular complexity index is 796. The van der Waals surface area contributed by atoms with Crippen LogP contribution in [0.5, 0.6) is 5.75 Å². The Kier molecular flexibility index (Phi) is 3.95. The van der Waals surface area contributed by atoms with E-state index < -0.39 is 0 Å². The summed E-state index contributed by atoms with van der Waals surface area (Å²) in [6.07, 6.45) is 8.18. The smallest absolute Gasteiger partial charge is 0.181 e. The van der Waals surface area contributed by atoms with Crippen molar-refractivity contribution >= 4 is 17.8 Å². The lowest BCUT2D eigenvalue weighted by molar-refractivity contribution is -0.111. The normalized spacial score (nSPS) is 20.5. The van der Waals surface area contributed by atoms with E-state index in [0.717, 1.165) is 21.9 Å². The van der Waals surface area contributed by atoms with Crippen LogP contribution in [0.4, 0.5) is 0 Å². The molecule has 1 aliphatic carbocycles. The Morgan fingerprint density at radius 1 is 1.13 bits per heavy atom. The van der Waals surface area contributed by atoms with Gasteiger partial charge in [0.05, 0.1) is 18.5 Å². The number of hydrogen-bond acceptors (Lipinski definition) is 5. The quantitative estimate of drug-likeness (QED) is 0.912. The van der Waals surface area contributed by atoms with E-state index in [9.17, 15) is 10.0 Å². The van der Waals surface area contributed by atoms with Crippen molar-refractivity contribution in [1.82, 2.24) is 5.06 Å². The van der Waals surface area contributed by atoms with E-state index in [1.54, 1.807) is 32.3 Å². The third-order valence-corrected chi connectivity index (χ3v) is 3.68. The molecule has 0 aromatic heterocycles. The number of allylic oxidation sites excluding steroid dienone is 6. The molecule has 5 heteroatoms. The molecule has 0 amide bonds. The average molecular weight is 308 g/mol. The molecule has 0 spiro atoms. The van der Waals surface area contributed by atoms with Crippen LogP contribution in [-0.4, -0.2) is 29.5 Å². The predicted molar refractivity (Wildman–Crippen MR) is 88.0 cm³/mol. The molecule has 3 rings (SSSR count). The van der Waals surface area contributed by atoms with Gasteiger partial charge in [0.1, 0.15) is 12.1 Å². The molecular formula is C18H16N2O3. The molecule has 2 aliphatic rings. The molecule has 5 nitrogen and oxygen atoms in total. The zero-order valence-electron chi connectivity index (χ0n) is 12.9. The molecular weight excluding hydrogens is 292 g/mol. The monoisotopic (exact) mass is 308 g/mol. The van der Waals surface area contributed by atoms with Crippen LogP contribution in [-0.2, 0) is 4.79 Å². The van der Waals surface area contributed by atoms with E-state index in [0.29, 0.717) is 17.0 Å². The Balaban J connectivity index is 2.01. The lowest BCUT2D eigenvalue weighted by Gasteiger charge is -2.21. The third-order valence-electron chi connectivity index (χ3n) is 3.68. The first-order valence-corrected chi connectivity index (χ1v) is 7.12. The Morgan fingerprint density at radius 3 is 2.52 bits per heavy atom. The molecule has 0 saturated heterocycles. The number of ether oxygens (including phenoxy) is 1. The summed E-state index contributed by atoms with van der Waals surface area (Å²) in [5.41, 5.74) is 3.60. The Labute approximate surface area is 134 Å². The van der Waals surface area contributed by atoms with E-state index in [-0.39, 0.29) is 5.78 Å². The fourth-order valence-electron chi connectivity index (χ4n) is 2.36. The summed E-state index contributed by atoms with van der Waals surface area (Å²) < 4.78 is 5.14. The van der Waals surface area contributed by atoms with E-state index >= 15 is 0 Å². The van der Waals surface area contributed by atoms with Crippen molar-refractivity contribution in [3.8, 4) is 5.75 Å². The third kappa shape index (κ3) is 3.00. The van der Waals surface area contributed by atoms with Gasteiger partial charge in [-0.05, 0) is 61.1 Å². The maximum absolute atomic E-state index is 11.5. The van der Waals surface area contributed by atoms with Crippen molar-refractivity contribution in [2.75, 3.05) is 7.11 Å². The van der Waals surface area contributed by atoms with Crippen LogP contribution in [0.1, 0.15) is 12.5 Å². The highest BCUT2D eigenvalue weighted by molar-refractivity contribution is 6.05. The number of aliphatic imine (C=N–C) groups is 1. The fraction of sp³-hybridized carbons (Fsp3) is 0.111. The fourth-order valence-corrected chi connectivity index (χ4v) is 2.36. The molecule has 0 bridgehead atoms. The van der Waals surface area contributed by atoms with E-state index in [1.165, 1.54) is 12.4 Å². The first-order chi connectivity index (χ1) is 11.1. The Hall–Kier alpha value is -2.92. The van der Waals surface area contributed by atoms with Crippen molar-refractivity contribution in [2.45, 2.75) is 6.92 Å². The lowest BCUT2D eigenvalue weighted by Crippen LogP contribution is -2.18. The van der Waals surface area contributed by atoms with Gasteiger partial charge in [0.2, 0.25) is 0 Å². The maximum Gasteiger partial charge on any atom is 0.181 e. The van der Waals surface area contributed by atoms with Crippen LogP contribution < -0.4 is 4.74 Å². The molecule has 1 aromatic carbocycles. The second-order valence-electron chi connectivity index (χ2n) is 5.21. The van der Waals surface area contributed by atoms with E-state index in [4.69, 9.17) is 4.74 Å². The Morgan fingerprint density at radius 2 is 1.87 bits per heavy atom. The summed E-state index contributed by atoms with van der Waals surface area (Å²) >= 11 is 0. The number of ketones is 1. The minimum Gasteiger partial charge on any atom is -0.497 e. The lowest BCUT2D eigenvalue weighted by atomic mass is 9.99. The molecule has 0 atom stereocenters. The van der Waals surface area contributed by atoms with Gasteiger partial charge < -0.3 is 4.74 Å². The highest BCUT2D eigenvalue weighted by atomic mass is 16.5. The predicted octanol–water partition coefficient (Wildman–Crippen LogP) is 3.11. The highest BCUT2D eigenvalue weighted by Crippen LogP contribution is 2.27. The summed E-state index contributed by atoms with van der Waals surface area (Å²) in [5.74, 6) is 0.742. The number of benzene rings is 1. The average Bonchev–Trinajstić information content (AvgIpc) is 2.58. The van der Waals surface area contributed by atoms with Crippen molar-refractivity contribution in [2.24, 2.45) is 4.99 Å². The van der Waals surface area contributed by atoms with Gasteiger partial charge in [0, 0.05) is 11.1 Å². The summed E-state index contributed by atoms with van der Waals surface area (Å²) in [7, 11) is 1.60. The molecule has 1 aliphatic heterocycles. The first-order valence-electron chi connectivity index (χ1n) is 7.12. The van der Waals surface area contributed by atoms with Crippen LogP contribution in [0, 0.1) is 0 Å². The molecule has 0 fully saturated rings. The maximum atomic E-state index is 11.5. The number of hydroxylamine groups is 2. The van der Waals surface area contributed by atoms with Gasteiger partial charge in [-0.15, -0.1) is 0 Å². The van der Waals surface area contributed by atoms with Crippen molar-refractivity contribution < 1.29 is 14.7 Å². The van der Waals surface area contributed by atoms with Gasteiger partial charge in [-0.25, -0.2) is 10.1 Å². The second-order valence-corrected chi connectivity index (χ2v) is 5.21. The van der Waals surface area contributed by atoms with Gasteiger partial charge >= 0.3 is 0 Å². The largest absolute Gasteiger partial charge is 0.497 e. The topological polar surface area (TPSA) is 62.1 Å². The van der Waals surface area contributed by atoms with Gasteiger partial charge in [0.15, 0.2) is 5.78 Å². The molecule has 116 valence electrons. The molecule has 1 N–H and O–H groups in total. The summed E-state index contributed by atoms with van der Waals surface area (Å²) in [5, 5.41) is 11.0. The first kappa shape index (κ1) is 15.0. The zero-order valence-corrected chi connectivity index (χ0v) is 12.9. The molecule has 1 aromatic rings. The van der Waals surface area contributed by atoms with Gasteiger partial charge in [0.25, 0.3) is 0 Å². The van der Waals surface area contributed by atoms with Gasteiger partial charge in [-0.3, -0.25) is 10.0 Å². The molecule has 0 unspecified atom stereocenters. The number of carbonyl (C=O) groups excluding carboxylic acids is 1. The molecule has 1 heterocycles. The highest BCUT2D eigenvalue weighted by Gasteiger charge is 2.16. The van der Waals surface area contributed by atoms with Gasteiger partial charge in [-0.2, -0.15) is 0 Å². The number of carbonyl (C=O) groups is 1. The van der Waals surface area contributed by atoms with Gasteiger partial charge in [-0.1, -0.05) is 0 Å². The number of methoxy groups -OCH3 is 1. The number of hydrogen-bond donors (Lipinski definition) is 1. The number of nitrogens with zero attached hydrogens (tertiary/aromatic N) is 2. The van der Waals surface area contributed by atoms with Crippen LogP contribution in [0.25, 0.3) is 5.70 Å². The minimum absolute atomic E-state index is 0.00252. The molecule has 23 heavy (non-hydrogen) atoms. The summed E-state index contributed by atoms with van der Waals surface area (Å²) in [6, 6.07) is 7.37. The van der Waals surface area contributed by atoms with E-state index in [1.807, 2.05) is 24.3 Å². The van der Waals surface area contributed by atoms with Crippen molar-refractivity contribution in [1.29, 1.82) is 0 Å². The van der Waals surface area contributed by atoms with E-state index in [2.05, 4.69) is 4.99 Å².